The molecule has 1 aromatic heterocycles. The van der Waals surface area contributed by atoms with Crippen LogP contribution in [0, 0.1) is 39.0 Å². The number of nitrogens with one attached hydrogen (secondary N) is 6. The van der Waals surface area contributed by atoms with Crippen molar-refractivity contribution in [1.29, 1.82) is 5.26 Å². The Morgan fingerprint density at radius 3 is 1.94 bits per heavy atom. The summed E-state index contributed by atoms with van der Waals surface area (Å²) in [5.74, 6) is -0.0983. The molecule has 0 radical (unpaired) electrons. The number of ether oxygens (including phenoxy) is 2. The van der Waals surface area contributed by atoms with Crippen molar-refractivity contribution in [3.63, 3.8) is 0 Å². The molecule has 22 nitrogen and oxygen atoms in total. The van der Waals surface area contributed by atoms with Gasteiger partial charge in [-0.05, 0) is 212 Å². The predicted octanol–water partition coefficient (Wildman–Crippen LogP) is 21.2. The van der Waals surface area contributed by atoms with Gasteiger partial charge in [0.1, 0.15) is 39.8 Å². The van der Waals surface area contributed by atoms with Crippen LogP contribution in [0.1, 0.15) is 124 Å². The van der Waals surface area contributed by atoms with Crippen LogP contribution in [0.3, 0.4) is 0 Å². The zero-order valence-corrected chi connectivity index (χ0v) is 70.1. The van der Waals surface area contributed by atoms with E-state index in [4.69, 9.17) is 66.1 Å². The third-order valence-corrected chi connectivity index (χ3v) is 22.7. The number of hydrogen-bond donors (Lipinski definition) is 8. The molecular weight excluding hydrogens is 1580 g/mol. The van der Waals surface area contributed by atoms with E-state index in [0.717, 1.165) is 50.9 Å². The summed E-state index contributed by atoms with van der Waals surface area (Å²) in [6.45, 7) is 24.5. The molecule has 0 spiro atoms. The van der Waals surface area contributed by atoms with Gasteiger partial charge >= 0.3 is 6.03 Å². The highest BCUT2D eigenvalue weighted by Gasteiger charge is 2.42. The third kappa shape index (κ3) is 21.6. The van der Waals surface area contributed by atoms with Crippen LogP contribution in [0.5, 0.6) is 23.0 Å². The highest BCUT2D eigenvalue weighted by molar-refractivity contribution is 8.01. The molecule has 2 heterocycles. The Bertz CT molecular complexity index is 5520. The Morgan fingerprint density at radius 1 is 0.643 bits per heavy atom. The number of amidine groups is 1. The molecule has 11 aromatic rings. The van der Waals surface area contributed by atoms with Gasteiger partial charge in [-0.1, -0.05) is 185 Å². The molecule has 0 aliphatic carbocycles. The molecule has 28 heteroatoms. The number of fused-ring (bicyclic) bond motifs is 1. The van der Waals surface area contributed by atoms with Gasteiger partial charge < -0.3 is 46.3 Å². The van der Waals surface area contributed by atoms with Gasteiger partial charge in [0, 0.05) is 55.9 Å². The number of rotatable bonds is 23. The average Bonchev–Trinajstić information content (AvgIpc) is 1.77. The number of benzene rings is 10. The van der Waals surface area contributed by atoms with E-state index in [9.17, 15) is 34.2 Å². The molecule has 0 saturated carbocycles. The number of phenols is 2. The van der Waals surface area contributed by atoms with Gasteiger partial charge in [-0.25, -0.2) is 19.5 Å². The number of para-hydroxylation sites is 2. The average molecular weight is 1660 g/mol. The van der Waals surface area contributed by atoms with E-state index in [1.54, 1.807) is 79.3 Å². The first-order chi connectivity index (χ1) is 54.8. The zero-order valence-electron chi connectivity index (χ0n) is 65.5. The summed E-state index contributed by atoms with van der Waals surface area (Å²) in [4.78, 5) is 72.0. The van der Waals surface area contributed by atoms with Crippen LogP contribution >= 0.6 is 69.9 Å². The molecule has 594 valence electrons. The summed E-state index contributed by atoms with van der Waals surface area (Å²) in [6, 6.07) is 56.5. The fraction of sp³-hybridized carbons (Fsp3) is 0.241. The Balaban J connectivity index is 0.000000187. The van der Waals surface area contributed by atoms with Crippen LogP contribution in [-0.4, -0.2) is 83.4 Å². The smallest absolute Gasteiger partial charge is 0.323 e. The highest BCUT2D eigenvalue weighted by Crippen LogP contribution is 2.44. The molecule has 1 aliphatic heterocycles. The van der Waals surface area contributed by atoms with E-state index in [1.807, 2.05) is 132 Å². The fourth-order valence-corrected chi connectivity index (χ4v) is 14.9. The van der Waals surface area contributed by atoms with Crippen molar-refractivity contribution in [3.8, 4) is 29.1 Å². The lowest BCUT2D eigenvalue weighted by Gasteiger charge is -2.31. The van der Waals surface area contributed by atoms with Gasteiger partial charge in [0.25, 0.3) is 23.6 Å². The van der Waals surface area contributed by atoms with Crippen LogP contribution < -0.4 is 46.5 Å². The number of thioether (sulfide) groups is 1. The van der Waals surface area contributed by atoms with Crippen molar-refractivity contribution in [1.82, 2.24) is 25.6 Å². The maximum atomic E-state index is 14.1. The summed E-state index contributed by atoms with van der Waals surface area (Å²) in [7, 11) is 1.75. The molecule has 115 heavy (non-hydrogen) atoms. The fourth-order valence-electron chi connectivity index (χ4n) is 11.8. The van der Waals surface area contributed by atoms with Gasteiger partial charge in [-0.2, -0.15) is 5.26 Å². The van der Waals surface area contributed by atoms with Crippen molar-refractivity contribution in [2.75, 3.05) is 31.6 Å². The molecule has 10 aromatic carbocycles. The first-order valence-electron chi connectivity index (χ1n) is 36.7. The number of carbonyl (C=O) groups is 5. The van der Waals surface area contributed by atoms with Crippen molar-refractivity contribution in [3.05, 3.63) is 253 Å². The van der Waals surface area contributed by atoms with E-state index >= 15 is 0 Å². The number of aliphatic imine (C=N–C) groups is 1. The number of anilines is 6. The minimum Gasteiger partial charge on any atom is -0.506 e. The summed E-state index contributed by atoms with van der Waals surface area (Å²) >= 11 is 28.2. The van der Waals surface area contributed by atoms with E-state index in [-0.39, 0.29) is 72.9 Å². The number of aromatic nitrogens is 4. The monoisotopic (exact) mass is 1660 g/mol. The van der Waals surface area contributed by atoms with Crippen LogP contribution in [0.25, 0.3) is 10.8 Å². The van der Waals surface area contributed by atoms with Gasteiger partial charge in [-0.15, -0.1) is 16.9 Å². The van der Waals surface area contributed by atoms with Crippen LogP contribution in [0.15, 0.2) is 208 Å². The maximum absolute atomic E-state index is 14.1. The summed E-state index contributed by atoms with van der Waals surface area (Å²) in [6.07, 6.45) is 0.820. The molecule has 0 bridgehead atoms. The van der Waals surface area contributed by atoms with E-state index in [0.29, 0.717) is 83.2 Å². The van der Waals surface area contributed by atoms with Gasteiger partial charge in [0.05, 0.1) is 49.3 Å². The number of phenolic OH excluding ortho intramolecular Hbond substituents is 2. The second kappa shape index (κ2) is 38.2. The van der Waals surface area contributed by atoms with E-state index < -0.39 is 23.5 Å². The summed E-state index contributed by atoms with van der Waals surface area (Å²) in [5, 5.41) is 58.9. The number of urea groups is 1. The summed E-state index contributed by atoms with van der Waals surface area (Å²) in [5.41, 5.74) is 12.8. The summed E-state index contributed by atoms with van der Waals surface area (Å²) < 4.78 is 13.9. The Labute approximate surface area is 696 Å². The molecule has 6 amide bonds. The largest absolute Gasteiger partial charge is 0.506 e. The first kappa shape index (κ1) is 86.1. The van der Waals surface area contributed by atoms with Crippen LogP contribution in [0.4, 0.5) is 44.6 Å². The molecule has 12 rings (SSSR count). The normalized spacial score (nSPS) is 13.4. The molecule has 1 aliphatic rings. The number of aromatic hydroxyl groups is 2. The number of nitriles is 1. The van der Waals surface area contributed by atoms with Crippen LogP contribution in [0.2, 0.25) is 20.1 Å². The van der Waals surface area contributed by atoms with Crippen molar-refractivity contribution in [2.24, 2.45) is 12.0 Å². The van der Waals surface area contributed by atoms with E-state index in [1.165, 1.54) is 58.4 Å². The highest BCUT2D eigenvalue weighted by atomic mass is 35.5. The molecule has 3 atom stereocenters. The lowest BCUT2D eigenvalue weighted by Crippen LogP contribution is -2.36. The second-order valence-corrected chi connectivity index (χ2v) is 32.2. The third-order valence-electron chi connectivity index (χ3n) is 19.2. The van der Waals surface area contributed by atoms with Crippen LogP contribution in [-0.2, 0) is 32.3 Å². The topological polar surface area (TPSA) is 299 Å². The quantitative estimate of drug-likeness (QED) is 0.0276. The Morgan fingerprint density at radius 2 is 1.29 bits per heavy atom. The SMILES string of the molecule is CCC(C)(C)c1ccc(OC(C)C(=O)Nc2ccc(NC(=O)Nc3ccc(C#N)cc3)c(O)c2)c(C(C)(C)CC)c1.CCC(Oc1ccc(C)cc1C)C(=O)Nc1ccccc1SC1C(=O)N(c2c(Cl)cc(Cl)cc2Cl)NC1=Nc1cc(C)ccc1Cl.Cc1ccccc1NC(=O)c1cc(Sc2nnnn2C)c2ccccc2c1O. The molecule has 1 saturated heterocycles. The number of tetrazole rings is 1. The first-order valence-corrected chi connectivity index (χ1v) is 40.0. The van der Waals surface area contributed by atoms with Gasteiger partial charge in [-0.3, -0.25) is 24.6 Å². The number of nitrogens with zero attached hydrogens (tertiary/aromatic N) is 7. The molecule has 1 fully saturated rings. The minimum atomic E-state index is -0.883. The molecular formula is C87H87Cl4N13O9S2. The Hall–Kier alpha value is -11.3. The van der Waals surface area contributed by atoms with Gasteiger partial charge in [0.2, 0.25) is 5.16 Å². The lowest BCUT2D eigenvalue weighted by molar-refractivity contribution is -0.123. The standard InChI is InChI=1S/C34H30Cl4N4O3S.C33H40N4O4.C20H17N5O2S/c1-5-27(45-28-13-11-18(2)14-20(28)4)33(43)40-25-8-6-7-9-29(25)46-31-32(39-26-15-19(3)10-12-22(26)36)41-42(34(31)44)30-23(37)16-21(35)17-24(30)38;1-8-32(4,5)23-12-17-29(26(18-23)33(6,7)9-2)41-21(3)30(39)35-25-15-16-27(28(38)19-25)37-31(40)36-24-13-10-22(20-34)11-14-24;1-12-7-3-6-10-16(12)21-19(27)15-11-17(28-20-22-23-24-25(20)2)13-8-4-5-9-14(13)18(15)26/h6-17,27,31H,5H2,1-4H3,(H,39,41)(H,40,43);10-19,21,38H,8-9H2,1-7H3,(H,35,39)(H2,36,37,40);3-11,26H,1-2H3,(H,21,27). The van der Waals surface area contributed by atoms with Gasteiger partial charge in [0.15, 0.2) is 12.2 Å². The molecule has 8 N–H and O–H groups in total. The molecule has 3 unspecified atom stereocenters. The number of hydrazine groups is 1. The lowest BCUT2D eigenvalue weighted by atomic mass is 9.76. The zero-order chi connectivity index (χ0) is 83.2. The van der Waals surface area contributed by atoms with E-state index in [2.05, 4.69) is 101 Å². The number of halogens is 4. The van der Waals surface area contributed by atoms with Crippen molar-refractivity contribution >= 4 is 156 Å². The predicted molar refractivity (Wildman–Crippen MR) is 462 cm³/mol. The number of aryl methyl sites for hydroxylation is 5. The van der Waals surface area contributed by atoms with Crippen molar-refractivity contribution < 1.29 is 43.7 Å². The second-order valence-electron chi connectivity index (χ2n) is 28.4. The number of amides is 6. The number of hydrogen-bond acceptors (Lipinski definition) is 16. The maximum Gasteiger partial charge on any atom is 0.323 e. The minimum absolute atomic E-state index is 0.0213. The number of carbonyl (C=O) groups excluding carboxylic acids is 5. The Kier molecular flexibility index (Phi) is 28.6. The van der Waals surface area contributed by atoms with Crippen molar-refractivity contribution in [2.45, 2.75) is 146 Å².